The fourth-order valence-electron chi connectivity index (χ4n) is 3.37. The maximum atomic E-state index is 12.9. The van der Waals surface area contributed by atoms with Gasteiger partial charge in [0, 0.05) is 37.9 Å². The van der Waals surface area contributed by atoms with Crippen molar-refractivity contribution in [2.24, 2.45) is 5.92 Å². The molecule has 3 aliphatic rings. The summed E-state index contributed by atoms with van der Waals surface area (Å²) in [6, 6.07) is 0.351. The molecule has 3 atom stereocenters. The second-order valence-corrected chi connectivity index (χ2v) is 7.33. The fourth-order valence-corrected chi connectivity index (χ4v) is 4.60. The van der Waals surface area contributed by atoms with Crippen LogP contribution in [0.3, 0.4) is 0 Å². The van der Waals surface area contributed by atoms with Crippen LogP contribution in [0, 0.1) is 5.92 Å². The number of hydrogen-bond donors (Lipinski definition) is 1. The van der Waals surface area contributed by atoms with E-state index in [4.69, 9.17) is 4.74 Å². The lowest BCUT2D eigenvalue weighted by Crippen LogP contribution is -2.50. The quantitative estimate of drug-likeness (QED) is 0.842. The predicted molar refractivity (Wildman–Crippen MR) is 82.2 cm³/mol. The van der Waals surface area contributed by atoms with Crippen LogP contribution >= 0.6 is 11.8 Å². The van der Waals surface area contributed by atoms with Crippen LogP contribution in [0.5, 0.6) is 0 Å². The van der Waals surface area contributed by atoms with E-state index in [1.165, 1.54) is 0 Å². The van der Waals surface area contributed by atoms with E-state index >= 15 is 0 Å². The molecule has 1 N–H and O–H groups in total. The number of ether oxygens (including phenoxy) is 1. The second-order valence-electron chi connectivity index (χ2n) is 6.18. The van der Waals surface area contributed by atoms with E-state index in [1.807, 2.05) is 11.8 Å². The molecule has 0 aromatic heterocycles. The number of amides is 2. The van der Waals surface area contributed by atoms with Gasteiger partial charge in [-0.25, -0.2) is 0 Å². The fraction of sp³-hybridized carbons (Fsp3) is 0.867. The number of hydrogen-bond acceptors (Lipinski definition) is 4. The Morgan fingerprint density at radius 2 is 2.29 bits per heavy atom. The first-order valence-electron chi connectivity index (χ1n) is 8.00. The van der Waals surface area contributed by atoms with Crippen LogP contribution in [0.4, 0.5) is 0 Å². The van der Waals surface area contributed by atoms with E-state index in [9.17, 15) is 9.59 Å². The van der Waals surface area contributed by atoms with Crippen LogP contribution in [0.1, 0.15) is 32.1 Å². The van der Waals surface area contributed by atoms with Crippen molar-refractivity contribution in [2.75, 3.05) is 31.2 Å². The lowest BCUT2D eigenvalue weighted by molar-refractivity contribution is -0.141. The number of carbonyl (C=O) groups excluding carboxylic acids is 2. The topological polar surface area (TPSA) is 58.6 Å². The highest BCUT2D eigenvalue weighted by Crippen LogP contribution is 2.27. The van der Waals surface area contributed by atoms with E-state index < -0.39 is 0 Å². The molecule has 3 fully saturated rings. The van der Waals surface area contributed by atoms with Gasteiger partial charge in [0.05, 0.1) is 12.0 Å². The van der Waals surface area contributed by atoms with Gasteiger partial charge in [-0.05, 0) is 31.4 Å². The third kappa shape index (κ3) is 3.72. The number of thioether (sulfide) groups is 1. The summed E-state index contributed by atoms with van der Waals surface area (Å²) < 4.78 is 5.73. The van der Waals surface area contributed by atoms with Crippen LogP contribution in [0.2, 0.25) is 0 Å². The summed E-state index contributed by atoms with van der Waals surface area (Å²) in [7, 11) is 0. The normalized spacial score (nSPS) is 33.0. The summed E-state index contributed by atoms with van der Waals surface area (Å²) in [4.78, 5) is 26.2. The minimum Gasteiger partial charge on any atom is -0.376 e. The molecular formula is C15H24N2O3S. The zero-order valence-corrected chi connectivity index (χ0v) is 13.2. The molecule has 118 valence electrons. The van der Waals surface area contributed by atoms with E-state index in [0.717, 1.165) is 43.9 Å². The van der Waals surface area contributed by atoms with Gasteiger partial charge in [0.25, 0.3) is 0 Å². The molecule has 0 saturated carbocycles. The SMILES string of the molecule is O=C1CCC(C(=O)N(CC2CCCO2)C2CCSC2)CN1. The molecular weight excluding hydrogens is 288 g/mol. The van der Waals surface area contributed by atoms with E-state index in [-0.39, 0.29) is 23.8 Å². The Morgan fingerprint density at radius 1 is 1.38 bits per heavy atom. The van der Waals surface area contributed by atoms with Crippen molar-refractivity contribution in [1.29, 1.82) is 0 Å². The van der Waals surface area contributed by atoms with Gasteiger partial charge in [0.2, 0.25) is 11.8 Å². The highest BCUT2D eigenvalue weighted by atomic mass is 32.2. The molecule has 3 saturated heterocycles. The highest BCUT2D eigenvalue weighted by Gasteiger charge is 2.35. The third-order valence-corrected chi connectivity index (χ3v) is 5.81. The number of carbonyl (C=O) groups is 2. The molecule has 0 radical (unpaired) electrons. The molecule has 0 spiro atoms. The van der Waals surface area contributed by atoms with Crippen LogP contribution < -0.4 is 5.32 Å². The van der Waals surface area contributed by atoms with Crippen molar-refractivity contribution < 1.29 is 14.3 Å². The Balaban J connectivity index is 1.64. The first-order chi connectivity index (χ1) is 10.2. The average molecular weight is 312 g/mol. The molecule has 6 heteroatoms. The minimum absolute atomic E-state index is 0.0466. The highest BCUT2D eigenvalue weighted by molar-refractivity contribution is 7.99. The van der Waals surface area contributed by atoms with Gasteiger partial charge in [-0.15, -0.1) is 0 Å². The lowest BCUT2D eigenvalue weighted by Gasteiger charge is -2.34. The van der Waals surface area contributed by atoms with Crippen molar-refractivity contribution in [3.05, 3.63) is 0 Å². The molecule has 21 heavy (non-hydrogen) atoms. The third-order valence-electron chi connectivity index (χ3n) is 4.67. The van der Waals surface area contributed by atoms with E-state index in [0.29, 0.717) is 25.4 Å². The van der Waals surface area contributed by atoms with Crippen LogP contribution in [0.25, 0.3) is 0 Å². The lowest BCUT2D eigenvalue weighted by atomic mass is 9.96. The van der Waals surface area contributed by atoms with Crippen molar-refractivity contribution in [1.82, 2.24) is 10.2 Å². The Labute approximate surface area is 130 Å². The Morgan fingerprint density at radius 3 is 2.90 bits per heavy atom. The summed E-state index contributed by atoms with van der Waals surface area (Å²) in [5, 5.41) is 2.83. The Kier molecular flexibility index (Phi) is 5.06. The molecule has 0 aromatic rings. The monoisotopic (exact) mass is 312 g/mol. The van der Waals surface area contributed by atoms with Crippen LogP contribution in [0.15, 0.2) is 0 Å². The molecule has 3 unspecified atom stereocenters. The van der Waals surface area contributed by atoms with E-state index in [2.05, 4.69) is 10.2 Å². The van der Waals surface area contributed by atoms with Crippen molar-refractivity contribution in [3.8, 4) is 0 Å². The van der Waals surface area contributed by atoms with Crippen LogP contribution in [-0.2, 0) is 14.3 Å². The summed E-state index contributed by atoms with van der Waals surface area (Å²) >= 11 is 1.93. The Bertz CT molecular complexity index is 382. The Hall–Kier alpha value is -0.750. The zero-order valence-electron chi connectivity index (χ0n) is 12.4. The van der Waals surface area contributed by atoms with Crippen molar-refractivity contribution in [2.45, 2.75) is 44.2 Å². The van der Waals surface area contributed by atoms with Crippen molar-refractivity contribution in [3.63, 3.8) is 0 Å². The summed E-state index contributed by atoms with van der Waals surface area (Å²) in [6.45, 7) is 2.06. The molecule has 3 aliphatic heterocycles. The smallest absolute Gasteiger partial charge is 0.227 e. The molecule has 3 rings (SSSR count). The molecule has 0 bridgehead atoms. The van der Waals surface area contributed by atoms with Gasteiger partial charge in [-0.1, -0.05) is 0 Å². The molecule has 3 heterocycles. The van der Waals surface area contributed by atoms with Gasteiger partial charge in [0.1, 0.15) is 0 Å². The number of rotatable bonds is 4. The molecule has 0 aromatic carbocycles. The maximum Gasteiger partial charge on any atom is 0.227 e. The largest absolute Gasteiger partial charge is 0.376 e. The minimum atomic E-state index is -0.0466. The maximum absolute atomic E-state index is 12.9. The molecule has 0 aliphatic carbocycles. The first kappa shape index (κ1) is 15.2. The average Bonchev–Trinajstić information content (AvgIpc) is 3.18. The van der Waals surface area contributed by atoms with Crippen molar-refractivity contribution >= 4 is 23.6 Å². The molecule has 5 nitrogen and oxygen atoms in total. The summed E-state index contributed by atoms with van der Waals surface area (Å²) in [5.74, 6) is 2.42. The molecule has 2 amide bonds. The van der Waals surface area contributed by atoms with Gasteiger partial charge in [-0.3, -0.25) is 9.59 Å². The van der Waals surface area contributed by atoms with E-state index in [1.54, 1.807) is 0 Å². The number of piperidine rings is 1. The number of nitrogens with one attached hydrogen (secondary N) is 1. The first-order valence-corrected chi connectivity index (χ1v) is 9.16. The standard InChI is InChI=1S/C15H24N2O3S/c18-14-4-3-11(8-16-14)15(19)17(12-5-7-21-10-12)9-13-2-1-6-20-13/h11-13H,1-10H2,(H,16,18). The van der Waals surface area contributed by atoms with Gasteiger partial charge >= 0.3 is 0 Å². The van der Waals surface area contributed by atoms with Crippen LogP contribution in [-0.4, -0.2) is 60.1 Å². The summed E-state index contributed by atoms with van der Waals surface area (Å²) in [5.41, 5.74) is 0. The van der Waals surface area contributed by atoms with Gasteiger partial charge in [-0.2, -0.15) is 11.8 Å². The summed E-state index contributed by atoms with van der Waals surface area (Å²) in [6.07, 6.45) is 4.62. The van der Waals surface area contributed by atoms with Gasteiger partial charge < -0.3 is 15.0 Å². The second kappa shape index (κ2) is 7.01. The number of nitrogens with zero attached hydrogens (tertiary/aromatic N) is 1. The van der Waals surface area contributed by atoms with Gasteiger partial charge in [0.15, 0.2) is 0 Å². The predicted octanol–water partition coefficient (Wildman–Crippen LogP) is 1.03. The zero-order chi connectivity index (χ0) is 14.7.